The molecule has 0 fully saturated rings. The molecule has 1 aliphatic heterocycles. The number of fused-ring (bicyclic) bond motifs is 2. The third kappa shape index (κ3) is 5.26. The lowest BCUT2D eigenvalue weighted by molar-refractivity contribution is -0.122. The lowest BCUT2D eigenvalue weighted by atomic mass is 9.87. The number of ether oxygens (including phenoxy) is 2. The van der Waals surface area contributed by atoms with Crippen molar-refractivity contribution in [3.05, 3.63) is 132 Å². The van der Waals surface area contributed by atoms with Crippen LogP contribution in [0.5, 0.6) is 11.5 Å². The summed E-state index contributed by atoms with van der Waals surface area (Å²) in [4.78, 5) is 13.8. The van der Waals surface area contributed by atoms with Gasteiger partial charge in [-0.15, -0.1) is 0 Å². The van der Waals surface area contributed by atoms with Gasteiger partial charge in [-0.2, -0.15) is 0 Å². The van der Waals surface area contributed by atoms with E-state index in [4.69, 9.17) is 9.47 Å². The Morgan fingerprint density at radius 2 is 1.56 bits per heavy atom. The lowest BCUT2D eigenvalue weighted by Crippen LogP contribution is -2.31. The van der Waals surface area contributed by atoms with E-state index in [2.05, 4.69) is 77.6 Å². The first-order chi connectivity index (χ1) is 19.2. The quantitative estimate of drug-likeness (QED) is 0.229. The molecule has 1 aromatic heterocycles. The summed E-state index contributed by atoms with van der Waals surface area (Å²) < 4.78 is 13.5. The number of nitrogens with one attached hydrogen (secondary N) is 1. The van der Waals surface area contributed by atoms with E-state index < -0.39 is 0 Å². The topological polar surface area (TPSA) is 52.5 Å². The van der Waals surface area contributed by atoms with Gasteiger partial charge in [0.1, 0.15) is 0 Å². The summed E-state index contributed by atoms with van der Waals surface area (Å²) >= 11 is 0. The molecule has 0 bridgehead atoms. The molecule has 0 unspecified atom stereocenters. The molecular weight excluding hydrogens is 484 g/mol. The highest BCUT2D eigenvalue weighted by molar-refractivity contribution is 5.87. The van der Waals surface area contributed by atoms with E-state index in [0.717, 1.165) is 41.2 Å². The molecule has 1 amide bonds. The molecule has 1 aliphatic rings. The molecule has 2 atom stereocenters. The Balaban J connectivity index is 1.35. The van der Waals surface area contributed by atoms with Gasteiger partial charge in [0.15, 0.2) is 11.5 Å². The number of aromatic nitrogens is 1. The number of hydrogen-bond acceptors (Lipinski definition) is 3. The third-order valence-corrected chi connectivity index (χ3v) is 7.54. The molecule has 0 radical (unpaired) electrons. The number of nitrogens with zero attached hydrogens (tertiary/aromatic N) is 1. The maximum absolute atomic E-state index is 13.8. The fraction of sp³-hybridized carbons (Fsp3) is 0.206. The van der Waals surface area contributed by atoms with Crippen LogP contribution in [0.2, 0.25) is 0 Å². The first-order valence-corrected chi connectivity index (χ1v) is 13.5. The number of benzene rings is 4. The van der Waals surface area contributed by atoms with Crippen LogP contribution < -0.4 is 14.8 Å². The van der Waals surface area contributed by atoms with Crippen LogP contribution in [0, 0.1) is 0 Å². The molecule has 39 heavy (non-hydrogen) atoms. The standard InChI is InChI=1S/C34H32N2O3/c1-2-36-22-29(27-15-9-10-16-31(27)36)28(26-17-18-32-33(20-26)39-23-38-32)21-34(37)35-30(25-13-7-4-8-14-25)19-24-11-5-3-6-12-24/h3-18,20,22,28,30H,2,19,21,23H2,1H3,(H,35,37)/t28-,30+/m1/s1. The van der Waals surface area contributed by atoms with Crippen molar-refractivity contribution in [2.24, 2.45) is 0 Å². The molecule has 4 aromatic carbocycles. The van der Waals surface area contributed by atoms with Crippen LogP contribution in [0.15, 0.2) is 109 Å². The van der Waals surface area contributed by atoms with Crippen molar-refractivity contribution in [3.63, 3.8) is 0 Å². The largest absolute Gasteiger partial charge is 0.454 e. The minimum Gasteiger partial charge on any atom is -0.454 e. The van der Waals surface area contributed by atoms with Crippen molar-refractivity contribution in [1.82, 2.24) is 9.88 Å². The summed E-state index contributed by atoms with van der Waals surface area (Å²) in [6.07, 6.45) is 3.24. The summed E-state index contributed by atoms with van der Waals surface area (Å²) in [6.45, 7) is 3.22. The third-order valence-electron chi connectivity index (χ3n) is 7.54. The smallest absolute Gasteiger partial charge is 0.231 e. The van der Waals surface area contributed by atoms with Gasteiger partial charge < -0.3 is 19.4 Å². The van der Waals surface area contributed by atoms with Crippen LogP contribution in [0.4, 0.5) is 0 Å². The summed E-state index contributed by atoms with van der Waals surface area (Å²) in [5, 5.41) is 4.54. The average molecular weight is 517 g/mol. The van der Waals surface area contributed by atoms with E-state index in [-0.39, 0.29) is 24.7 Å². The lowest BCUT2D eigenvalue weighted by Gasteiger charge is -2.22. The van der Waals surface area contributed by atoms with Crippen LogP contribution in [-0.2, 0) is 17.8 Å². The summed E-state index contributed by atoms with van der Waals surface area (Å²) in [5.74, 6) is 1.33. The Kier molecular flexibility index (Phi) is 7.05. The predicted octanol–water partition coefficient (Wildman–Crippen LogP) is 7.01. The summed E-state index contributed by atoms with van der Waals surface area (Å²) in [7, 11) is 0. The first-order valence-electron chi connectivity index (χ1n) is 13.5. The van der Waals surface area contributed by atoms with Crippen LogP contribution in [0.3, 0.4) is 0 Å². The van der Waals surface area contributed by atoms with E-state index in [1.165, 1.54) is 16.5 Å². The van der Waals surface area contributed by atoms with Crippen LogP contribution in [0.25, 0.3) is 10.9 Å². The highest BCUT2D eigenvalue weighted by Crippen LogP contribution is 2.40. The Bertz CT molecular complexity index is 1580. The highest BCUT2D eigenvalue weighted by atomic mass is 16.7. The van der Waals surface area contributed by atoms with Crippen LogP contribution in [0.1, 0.15) is 47.6 Å². The molecule has 1 N–H and O–H groups in total. The van der Waals surface area contributed by atoms with Crippen molar-refractivity contribution in [2.45, 2.75) is 38.3 Å². The molecule has 196 valence electrons. The van der Waals surface area contributed by atoms with E-state index in [1.807, 2.05) is 48.5 Å². The normalized spacial score (nSPS) is 13.8. The average Bonchev–Trinajstić information content (AvgIpc) is 3.61. The SMILES string of the molecule is CCn1cc([C@H](CC(=O)N[C@@H](Cc2ccccc2)c2ccccc2)c2ccc3c(c2)OCO3)c2ccccc21. The van der Waals surface area contributed by atoms with E-state index in [9.17, 15) is 4.79 Å². The summed E-state index contributed by atoms with van der Waals surface area (Å²) in [5.41, 5.74) is 5.63. The van der Waals surface area contributed by atoms with Gasteiger partial charge in [-0.1, -0.05) is 84.9 Å². The molecule has 5 aromatic rings. The fourth-order valence-electron chi connectivity index (χ4n) is 5.58. The second-order valence-corrected chi connectivity index (χ2v) is 9.98. The number of para-hydroxylation sites is 1. The second-order valence-electron chi connectivity index (χ2n) is 9.98. The Morgan fingerprint density at radius 1 is 0.846 bits per heavy atom. The molecule has 0 saturated heterocycles. The maximum atomic E-state index is 13.8. The Labute approximate surface area is 229 Å². The minimum absolute atomic E-state index is 0.00998. The fourth-order valence-corrected chi connectivity index (χ4v) is 5.58. The van der Waals surface area contributed by atoms with Gasteiger partial charge in [-0.05, 0) is 53.8 Å². The van der Waals surface area contributed by atoms with Crippen molar-refractivity contribution >= 4 is 16.8 Å². The van der Waals surface area contributed by atoms with Gasteiger partial charge in [-0.25, -0.2) is 0 Å². The Hall–Kier alpha value is -4.51. The van der Waals surface area contributed by atoms with Crippen molar-refractivity contribution < 1.29 is 14.3 Å². The first kappa shape index (κ1) is 24.8. The molecule has 0 aliphatic carbocycles. The number of carbonyl (C=O) groups is 1. The van der Waals surface area contributed by atoms with Gasteiger partial charge >= 0.3 is 0 Å². The monoisotopic (exact) mass is 516 g/mol. The molecular formula is C34H32N2O3. The zero-order valence-electron chi connectivity index (χ0n) is 22.0. The molecule has 2 heterocycles. The number of aryl methyl sites for hydroxylation is 1. The molecule has 5 heteroatoms. The second kappa shape index (κ2) is 11.1. The maximum Gasteiger partial charge on any atom is 0.231 e. The van der Waals surface area contributed by atoms with Gasteiger partial charge in [0.25, 0.3) is 0 Å². The van der Waals surface area contributed by atoms with Crippen LogP contribution in [-0.4, -0.2) is 17.3 Å². The van der Waals surface area contributed by atoms with Crippen molar-refractivity contribution in [2.75, 3.05) is 6.79 Å². The van der Waals surface area contributed by atoms with Gasteiger partial charge in [-0.3, -0.25) is 4.79 Å². The van der Waals surface area contributed by atoms with E-state index in [0.29, 0.717) is 6.42 Å². The minimum atomic E-state index is -0.148. The number of rotatable bonds is 9. The van der Waals surface area contributed by atoms with Gasteiger partial charge in [0.2, 0.25) is 12.7 Å². The van der Waals surface area contributed by atoms with Crippen molar-refractivity contribution in [1.29, 1.82) is 0 Å². The molecule has 6 rings (SSSR count). The Morgan fingerprint density at radius 3 is 2.36 bits per heavy atom. The van der Waals surface area contributed by atoms with Gasteiger partial charge in [0.05, 0.1) is 6.04 Å². The number of carbonyl (C=O) groups excluding carboxylic acids is 1. The number of hydrogen-bond donors (Lipinski definition) is 1. The van der Waals surface area contributed by atoms with Crippen molar-refractivity contribution in [3.8, 4) is 11.5 Å². The predicted molar refractivity (Wildman–Crippen MR) is 154 cm³/mol. The molecule has 5 nitrogen and oxygen atoms in total. The summed E-state index contributed by atoms with van der Waals surface area (Å²) in [6, 6.07) is 34.8. The highest BCUT2D eigenvalue weighted by Gasteiger charge is 2.26. The van der Waals surface area contributed by atoms with Crippen LogP contribution >= 0.6 is 0 Å². The zero-order valence-corrected chi connectivity index (χ0v) is 22.0. The zero-order chi connectivity index (χ0) is 26.6. The van der Waals surface area contributed by atoms with E-state index in [1.54, 1.807) is 0 Å². The molecule has 0 saturated carbocycles. The molecule has 0 spiro atoms. The van der Waals surface area contributed by atoms with Gasteiger partial charge in [0, 0.05) is 36.0 Å². The van der Waals surface area contributed by atoms with E-state index >= 15 is 0 Å². The number of amides is 1.